The van der Waals surface area contributed by atoms with Crippen LogP contribution in [0.25, 0.3) is 0 Å². The molecule has 0 unspecified atom stereocenters. The van der Waals surface area contributed by atoms with E-state index in [1.54, 1.807) is 36.4 Å². The zero-order chi connectivity index (χ0) is 30.4. The van der Waals surface area contributed by atoms with Crippen molar-refractivity contribution < 1.29 is 48.6 Å². The second-order valence-corrected chi connectivity index (χ2v) is 10.3. The highest BCUT2D eigenvalue weighted by atomic mass is 16.5. The maximum absolute atomic E-state index is 14.3. The second kappa shape index (κ2) is 10.8. The average molecular weight is 585 g/mol. The fourth-order valence-electron chi connectivity index (χ4n) is 5.80. The monoisotopic (exact) mass is 584 g/mol. The van der Waals surface area contributed by atoms with Gasteiger partial charge < -0.3 is 39.0 Å². The van der Waals surface area contributed by atoms with Crippen LogP contribution >= 0.6 is 0 Å². The smallest absolute Gasteiger partial charge is 0.181 e. The minimum atomic E-state index is -1.12. The molecule has 10 nitrogen and oxygen atoms in total. The molecule has 0 aromatic heterocycles. The zero-order valence-electron chi connectivity index (χ0n) is 23.4. The Bertz CT molecular complexity index is 1710. The van der Waals surface area contributed by atoms with Crippen molar-refractivity contribution in [1.29, 1.82) is 0 Å². The third-order valence-electron chi connectivity index (χ3n) is 7.87. The van der Waals surface area contributed by atoms with Crippen LogP contribution in [0.5, 0.6) is 46.0 Å². The molecular formula is C33H28O10. The number of fused-ring (bicyclic) bond motifs is 2. The number of hydrogen-bond donors (Lipinski definition) is 3. The maximum atomic E-state index is 14.3. The summed E-state index contributed by atoms with van der Waals surface area (Å²) in [5.41, 5.74) is 0.938. The molecular weight excluding hydrogens is 556 g/mol. The predicted molar refractivity (Wildman–Crippen MR) is 153 cm³/mol. The molecule has 0 bridgehead atoms. The van der Waals surface area contributed by atoms with Gasteiger partial charge in [0.2, 0.25) is 0 Å². The van der Waals surface area contributed by atoms with Crippen molar-refractivity contribution in [2.24, 2.45) is 0 Å². The van der Waals surface area contributed by atoms with E-state index in [4.69, 9.17) is 23.7 Å². The number of Topliss-reactive ketones (excluding diaryl/α,β-unsaturated/α-hetero) is 2. The van der Waals surface area contributed by atoms with Crippen LogP contribution in [0.2, 0.25) is 0 Å². The van der Waals surface area contributed by atoms with Crippen LogP contribution in [0.4, 0.5) is 0 Å². The van der Waals surface area contributed by atoms with E-state index in [-0.39, 0.29) is 51.4 Å². The zero-order valence-corrected chi connectivity index (χ0v) is 23.4. The molecule has 4 aromatic carbocycles. The predicted octanol–water partition coefficient (Wildman–Crippen LogP) is 4.98. The number of carbonyl (C=O) groups is 2. The molecule has 0 fully saturated rings. The highest BCUT2D eigenvalue weighted by Crippen LogP contribution is 2.50. The number of carbonyl (C=O) groups excluding carboxylic acids is 2. The summed E-state index contributed by atoms with van der Waals surface area (Å²) < 4.78 is 28.9. The largest absolute Gasteiger partial charge is 0.508 e. The Hall–Kier alpha value is -5.38. The number of ketones is 2. The van der Waals surface area contributed by atoms with Gasteiger partial charge in [-0.05, 0) is 35.4 Å². The van der Waals surface area contributed by atoms with Crippen LogP contribution in [0.1, 0.15) is 43.7 Å². The van der Waals surface area contributed by atoms with E-state index < -0.39 is 35.6 Å². The van der Waals surface area contributed by atoms with Gasteiger partial charge in [-0.3, -0.25) is 9.59 Å². The highest BCUT2D eigenvalue weighted by Gasteiger charge is 2.52. The molecule has 0 spiro atoms. The Balaban J connectivity index is 1.57. The Morgan fingerprint density at radius 2 is 0.953 bits per heavy atom. The van der Waals surface area contributed by atoms with E-state index in [9.17, 15) is 24.9 Å². The van der Waals surface area contributed by atoms with Gasteiger partial charge in [-0.2, -0.15) is 0 Å². The van der Waals surface area contributed by atoms with E-state index in [0.29, 0.717) is 16.9 Å². The number of aromatic hydroxyl groups is 3. The summed E-state index contributed by atoms with van der Waals surface area (Å²) >= 11 is 0. The Morgan fingerprint density at radius 3 is 1.35 bits per heavy atom. The summed E-state index contributed by atoms with van der Waals surface area (Å²) in [4.78, 5) is 28.5. The molecule has 6 rings (SSSR count). The lowest BCUT2D eigenvalue weighted by atomic mass is 9.74. The number of ether oxygens (including phenoxy) is 5. The number of hydrogen-bond acceptors (Lipinski definition) is 10. The van der Waals surface area contributed by atoms with Gasteiger partial charge >= 0.3 is 0 Å². The normalized spacial score (nSPS) is 20.7. The molecule has 220 valence electrons. The summed E-state index contributed by atoms with van der Waals surface area (Å²) in [5, 5.41) is 31.6. The van der Waals surface area contributed by atoms with Gasteiger partial charge in [0.1, 0.15) is 57.1 Å². The van der Waals surface area contributed by atoms with Gasteiger partial charge in [-0.15, -0.1) is 0 Å². The molecule has 2 heterocycles. The van der Waals surface area contributed by atoms with Gasteiger partial charge in [0.05, 0.1) is 33.2 Å². The first-order valence-electron chi connectivity index (χ1n) is 13.4. The first-order valence-corrected chi connectivity index (χ1v) is 13.4. The van der Waals surface area contributed by atoms with Crippen molar-refractivity contribution in [3.63, 3.8) is 0 Å². The van der Waals surface area contributed by atoms with Gasteiger partial charge in [0, 0.05) is 24.3 Å². The summed E-state index contributed by atoms with van der Waals surface area (Å²) in [6.07, 6.45) is -2.22. The van der Waals surface area contributed by atoms with Crippen molar-refractivity contribution >= 4 is 11.6 Å². The van der Waals surface area contributed by atoms with E-state index in [1.165, 1.54) is 57.7 Å². The first kappa shape index (κ1) is 27.8. The van der Waals surface area contributed by atoms with Gasteiger partial charge in [-0.1, -0.05) is 24.3 Å². The molecule has 4 aromatic rings. The molecule has 43 heavy (non-hydrogen) atoms. The van der Waals surface area contributed by atoms with Gasteiger partial charge in [0.25, 0.3) is 0 Å². The molecule has 0 saturated carbocycles. The van der Waals surface area contributed by atoms with Gasteiger partial charge in [0.15, 0.2) is 23.8 Å². The third-order valence-corrected chi connectivity index (χ3v) is 7.87. The number of benzene rings is 4. The Labute approximate surface area is 246 Å². The fraction of sp³-hybridized carbons (Fsp3) is 0.212. The Kier molecular flexibility index (Phi) is 6.97. The highest BCUT2D eigenvalue weighted by molar-refractivity contribution is 6.09. The second-order valence-electron chi connectivity index (χ2n) is 10.3. The molecule has 10 heteroatoms. The lowest BCUT2D eigenvalue weighted by Crippen LogP contribution is -2.52. The van der Waals surface area contributed by atoms with Crippen LogP contribution in [-0.4, -0.2) is 60.4 Å². The van der Waals surface area contributed by atoms with E-state index in [2.05, 4.69) is 0 Å². The minimum absolute atomic E-state index is 0.00541. The van der Waals surface area contributed by atoms with E-state index in [0.717, 1.165) is 0 Å². The molecule has 3 N–H and O–H groups in total. The molecule has 0 aliphatic carbocycles. The van der Waals surface area contributed by atoms with Crippen LogP contribution in [0.15, 0.2) is 72.8 Å². The number of methoxy groups -OCH3 is 3. The molecule has 2 aliphatic heterocycles. The molecule has 4 atom stereocenters. The summed E-state index contributed by atoms with van der Waals surface area (Å²) in [6, 6.07) is 18.5. The third kappa shape index (κ3) is 4.70. The van der Waals surface area contributed by atoms with Crippen molar-refractivity contribution in [2.75, 3.05) is 21.3 Å². The standard InChI is InChI=1S/C33H28O10/c1-39-19-10-6-17(7-11-19)27-31(38)29-23(36)13-21(41-3)15-25(29)43-33(27)32-26(16-4-8-18(34)9-5-16)30(37)28-22(35)12-20(40-2)14-24(28)42-32/h4-15,26-27,32-36H,1-3H3/t26-,27-,32+,33-/m0/s1. The van der Waals surface area contributed by atoms with E-state index in [1.807, 2.05) is 0 Å². The molecule has 2 aliphatic rings. The number of phenolic OH excluding ortho intramolecular Hbond substituents is 3. The lowest BCUT2D eigenvalue weighted by Gasteiger charge is -2.42. The quantitative estimate of drug-likeness (QED) is 0.284. The van der Waals surface area contributed by atoms with Crippen molar-refractivity contribution in [2.45, 2.75) is 24.0 Å². The Morgan fingerprint density at radius 1 is 0.558 bits per heavy atom. The van der Waals surface area contributed by atoms with E-state index >= 15 is 0 Å². The number of phenols is 3. The van der Waals surface area contributed by atoms with Crippen LogP contribution in [0.3, 0.4) is 0 Å². The van der Waals surface area contributed by atoms with Gasteiger partial charge in [-0.25, -0.2) is 0 Å². The SMILES string of the molecule is COc1ccc([C@H]2C(=O)c3c(O)cc(OC)cc3O[C@@H]2[C@@H]2Oc3cc(OC)cc(O)c3C(=O)[C@@H]2c2ccc(O)cc2)cc1. The molecule has 0 radical (unpaired) electrons. The summed E-state index contributed by atoms with van der Waals surface area (Å²) in [6.45, 7) is 0. The summed E-state index contributed by atoms with van der Waals surface area (Å²) in [7, 11) is 4.37. The van der Waals surface area contributed by atoms with Crippen LogP contribution in [0, 0.1) is 0 Å². The van der Waals surface area contributed by atoms with Crippen LogP contribution < -0.4 is 23.7 Å². The van der Waals surface area contributed by atoms with Crippen molar-refractivity contribution in [3.05, 3.63) is 95.1 Å². The van der Waals surface area contributed by atoms with Crippen molar-refractivity contribution in [3.8, 4) is 46.0 Å². The van der Waals surface area contributed by atoms with Crippen LogP contribution in [-0.2, 0) is 0 Å². The maximum Gasteiger partial charge on any atom is 0.181 e. The molecule has 0 saturated heterocycles. The summed E-state index contributed by atoms with van der Waals surface area (Å²) in [5.74, 6) is -2.43. The van der Waals surface area contributed by atoms with Crippen molar-refractivity contribution in [1.82, 2.24) is 0 Å². The topological polar surface area (TPSA) is 141 Å². The molecule has 0 amide bonds. The lowest BCUT2D eigenvalue weighted by molar-refractivity contribution is 0.00727. The fourth-order valence-corrected chi connectivity index (χ4v) is 5.80. The number of rotatable bonds is 6. The average Bonchev–Trinajstić information content (AvgIpc) is 3.00. The minimum Gasteiger partial charge on any atom is -0.508 e. The first-order chi connectivity index (χ1) is 20.7.